The molecule has 0 bridgehead atoms. The topological polar surface area (TPSA) is 67.2 Å². The third-order valence-electron chi connectivity index (χ3n) is 4.02. The van der Waals surface area contributed by atoms with Crippen LogP contribution in [-0.4, -0.2) is 64.0 Å². The van der Waals surface area contributed by atoms with Crippen LogP contribution in [0.15, 0.2) is 24.4 Å². The fourth-order valence-electron chi connectivity index (χ4n) is 2.81. The van der Waals surface area contributed by atoms with Crippen LogP contribution in [-0.2, 0) is 4.74 Å². The van der Waals surface area contributed by atoms with Gasteiger partial charge in [-0.2, -0.15) is 0 Å². The highest BCUT2D eigenvalue weighted by Gasteiger charge is 2.27. The summed E-state index contributed by atoms with van der Waals surface area (Å²) in [5.41, 5.74) is 1.27. The third-order valence-corrected chi connectivity index (χ3v) is 4.02. The fraction of sp³-hybridized carbons (Fsp3) is 0.438. The second kappa shape index (κ2) is 6.28. The van der Waals surface area contributed by atoms with E-state index in [0.717, 1.165) is 11.3 Å². The lowest BCUT2D eigenvalue weighted by atomic mass is 10.2. The van der Waals surface area contributed by atoms with E-state index in [9.17, 15) is 9.59 Å². The van der Waals surface area contributed by atoms with Gasteiger partial charge in [0.05, 0.1) is 12.1 Å². The molecule has 0 aromatic carbocycles. The molecule has 0 saturated carbocycles. The molecule has 1 aliphatic heterocycles. The summed E-state index contributed by atoms with van der Waals surface area (Å²) in [5, 5.41) is 0. The molecule has 7 heteroatoms. The van der Waals surface area contributed by atoms with Gasteiger partial charge in [-0.3, -0.25) is 4.79 Å². The average molecular weight is 316 g/mol. The number of carbonyl (C=O) groups is 2. The van der Waals surface area contributed by atoms with Crippen LogP contribution in [0.25, 0.3) is 5.52 Å². The maximum atomic E-state index is 12.7. The molecule has 0 aliphatic carbocycles. The minimum Gasteiger partial charge on any atom is -0.450 e. The number of amides is 2. The van der Waals surface area contributed by atoms with Crippen molar-refractivity contribution in [1.82, 2.24) is 19.2 Å². The summed E-state index contributed by atoms with van der Waals surface area (Å²) >= 11 is 0. The Kier molecular flexibility index (Phi) is 4.18. The molecule has 2 amide bonds. The molecule has 0 N–H and O–H groups in total. The van der Waals surface area contributed by atoms with Gasteiger partial charge in [0.25, 0.3) is 5.91 Å². The van der Waals surface area contributed by atoms with Crippen LogP contribution in [0.5, 0.6) is 0 Å². The van der Waals surface area contributed by atoms with Crippen molar-refractivity contribution in [2.24, 2.45) is 0 Å². The van der Waals surface area contributed by atoms with Gasteiger partial charge in [0, 0.05) is 32.4 Å². The molecule has 0 spiro atoms. The summed E-state index contributed by atoms with van der Waals surface area (Å²) in [4.78, 5) is 32.2. The Morgan fingerprint density at radius 2 is 1.87 bits per heavy atom. The minimum absolute atomic E-state index is 0.0923. The molecule has 1 fully saturated rings. The summed E-state index contributed by atoms with van der Waals surface area (Å²) in [6.07, 6.45) is 1.58. The van der Waals surface area contributed by atoms with Crippen molar-refractivity contribution in [3.8, 4) is 0 Å². The van der Waals surface area contributed by atoms with E-state index in [1.54, 1.807) is 16.7 Å². The molecule has 3 heterocycles. The fourth-order valence-corrected chi connectivity index (χ4v) is 2.81. The van der Waals surface area contributed by atoms with E-state index in [-0.39, 0.29) is 12.0 Å². The van der Waals surface area contributed by atoms with Crippen molar-refractivity contribution in [1.29, 1.82) is 0 Å². The predicted octanol–water partition coefficient (Wildman–Crippen LogP) is 1.56. The van der Waals surface area contributed by atoms with E-state index in [4.69, 9.17) is 4.74 Å². The molecule has 23 heavy (non-hydrogen) atoms. The molecule has 7 nitrogen and oxygen atoms in total. The number of ether oxygens (including phenoxy) is 1. The smallest absolute Gasteiger partial charge is 0.409 e. The standard InChI is InChI=1S/C16H20N4O3/c1-3-23-16(22)19-10-8-18(9-11-19)15(21)14-13-6-4-5-7-20(13)12(2)17-14/h4-7H,3,8-11H2,1-2H3. The van der Waals surface area contributed by atoms with Crippen molar-refractivity contribution in [2.45, 2.75) is 13.8 Å². The first-order valence-corrected chi connectivity index (χ1v) is 7.76. The second-order valence-corrected chi connectivity index (χ2v) is 5.44. The molecular formula is C16H20N4O3. The first-order valence-electron chi connectivity index (χ1n) is 7.76. The monoisotopic (exact) mass is 316 g/mol. The number of hydrogen-bond acceptors (Lipinski definition) is 4. The van der Waals surface area contributed by atoms with Gasteiger partial charge in [-0.1, -0.05) is 6.07 Å². The van der Waals surface area contributed by atoms with Gasteiger partial charge in [-0.15, -0.1) is 0 Å². The van der Waals surface area contributed by atoms with Crippen molar-refractivity contribution >= 4 is 17.5 Å². The molecule has 122 valence electrons. The third kappa shape index (κ3) is 2.86. The van der Waals surface area contributed by atoms with E-state index in [2.05, 4.69) is 4.98 Å². The van der Waals surface area contributed by atoms with E-state index < -0.39 is 0 Å². The van der Waals surface area contributed by atoms with E-state index in [1.165, 1.54) is 0 Å². The lowest BCUT2D eigenvalue weighted by Crippen LogP contribution is -2.50. The molecule has 0 radical (unpaired) electrons. The van der Waals surface area contributed by atoms with E-state index in [0.29, 0.717) is 38.5 Å². The highest BCUT2D eigenvalue weighted by Crippen LogP contribution is 2.16. The Morgan fingerprint density at radius 1 is 1.17 bits per heavy atom. The summed E-state index contributed by atoms with van der Waals surface area (Å²) in [5.74, 6) is 0.694. The quantitative estimate of drug-likeness (QED) is 0.843. The number of carbonyl (C=O) groups excluding carboxylic acids is 2. The van der Waals surface area contributed by atoms with Gasteiger partial charge in [0.1, 0.15) is 5.82 Å². The number of rotatable bonds is 2. The Bertz CT molecular complexity index is 732. The lowest BCUT2D eigenvalue weighted by Gasteiger charge is -2.33. The molecule has 3 rings (SSSR count). The van der Waals surface area contributed by atoms with Crippen LogP contribution < -0.4 is 0 Å². The van der Waals surface area contributed by atoms with Crippen LogP contribution in [0.1, 0.15) is 23.2 Å². The van der Waals surface area contributed by atoms with Gasteiger partial charge < -0.3 is 18.9 Å². The Morgan fingerprint density at radius 3 is 2.57 bits per heavy atom. The average Bonchev–Trinajstić information content (AvgIpc) is 2.92. The predicted molar refractivity (Wildman–Crippen MR) is 84.4 cm³/mol. The maximum absolute atomic E-state index is 12.7. The second-order valence-electron chi connectivity index (χ2n) is 5.44. The SMILES string of the molecule is CCOC(=O)N1CCN(C(=O)c2nc(C)n3ccccc23)CC1. The first kappa shape index (κ1) is 15.3. The molecule has 0 unspecified atom stereocenters. The number of hydrogen-bond donors (Lipinski definition) is 0. The highest BCUT2D eigenvalue weighted by molar-refractivity contribution is 5.99. The molecule has 0 atom stereocenters. The number of fused-ring (bicyclic) bond motifs is 1. The van der Waals surface area contributed by atoms with Crippen LogP contribution in [0.2, 0.25) is 0 Å². The van der Waals surface area contributed by atoms with Crippen molar-refractivity contribution < 1.29 is 14.3 Å². The zero-order chi connectivity index (χ0) is 16.4. The van der Waals surface area contributed by atoms with Crippen molar-refractivity contribution in [2.75, 3.05) is 32.8 Å². The summed E-state index contributed by atoms with van der Waals surface area (Å²) in [6.45, 7) is 5.96. The van der Waals surface area contributed by atoms with Gasteiger partial charge in [0.15, 0.2) is 5.69 Å². The van der Waals surface area contributed by atoms with Crippen LogP contribution in [0.3, 0.4) is 0 Å². The summed E-state index contributed by atoms with van der Waals surface area (Å²) < 4.78 is 6.90. The van der Waals surface area contributed by atoms with Crippen LogP contribution in [0, 0.1) is 6.92 Å². The van der Waals surface area contributed by atoms with Crippen LogP contribution >= 0.6 is 0 Å². The Hall–Kier alpha value is -2.57. The highest BCUT2D eigenvalue weighted by atomic mass is 16.6. The zero-order valence-corrected chi connectivity index (χ0v) is 13.4. The zero-order valence-electron chi connectivity index (χ0n) is 13.4. The number of pyridine rings is 1. The Labute approximate surface area is 134 Å². The first-order chi connectivity index (χ1) is 11.1. The Balaban J connectivity index is 1.73. The summed E-state index contributed by atoms with van der Waals surface area (Å²) in [7, 11) is 0. The maximum Gasteiger partial charge on any atom is 0.409 e. The van der Waals surface area contributed by atoms with E-state index >= 15 is 0 Å². The number of imidazole rings is 1. The van der Waals surface area contributed by atoms with Crippen molar-refractivity contribution in [3.63, 3.8) is 0 Å². The van der Waals surface area contributed by atoms with Gasteiger partial charge in [0.2, 0.25) is 0 Å². The molecule has 1 saturated heterocycles. The van der Waals surface area contributed by atoms with E-state index in [1.807, 2.05) is 35.7 Å². The normalized spacial score (nSPS) is 15.0. The number of aromatic nitrogens is 2. The number of aryl methyl sites for hydroxylation is 1. The minimum atomic E-state index is -0.317. The molecule has 2 aromatic heterocycles. The summed E-state index contributed by atoms with van der Waals surface area (Å²) in [6, 6.07) is 5.70. The largest absolute Gasteiger partial charge is 0.450 e. The number of piperazine rings is 1. The lowest BCUT2D eigenvalue weighted by molar-refractivity contribution is 0.0568. The molecule has 1 aliphatic rings. The van der Waals surface area contributed by atoms with Gasteiger partial charge >= 0.3 is 6.09 Å². The van der Waals surface area contributed by atoms with Gasteiger partial charge in [-0.25, -0.2) is 9.78 Å². The molecule has 2 aromatic rings. The van der Waals surface area contributed by atoms with Gasteiger partial charge in [-0.05, 0) is 26.0 Å². The van der Waals surface area contributed by atoms with Crippen LogP contribution in [0.4, 0.5) is 4.79 Å². The number of nitrogens with zero attached hydrogens (tertiary/aromatic N) is 4. The van der Waals surface area contributed by atoms with Crippen molar-refractivity contribution in [3.05, 3.63) is 35.9 Å². The molecular weight excluding hydrogens is 296 g/mol.